The summed E-state index contributed by atoms with van der Waals surface area (Å²) in [4.78, 5) is 27.8. The Bertz CT molecular complexity index is 529. The van der Waals surface area contributed by atoms with E-state index in [-0.39, 0.29) is 24.4 Å². The van der Waals surface area contributed by atoms with Crippen molar-refractivity contribution >= 4 is 17.5 Å². The third kappa shape index (κ3) is 4.05. The van der Waals surface area contributed by atoms with E-state index in [0.29, 0.717) is 11.3 Å². The van der Waals surface area contributed by atoms with Gasteiger partial charge in [-0.25, -0.2) is 0 Å². The fourth-order valence-electron chi connectivity index (χ4n) is 2.73. The molecule has 22 heavy (non-hydrogen) atoms. The van der Waals surface area contributed by atoms with Gasteiger partial charge in [-0.3, -0.25) is 9.59 Å². The first kappa shape index (κ1) is 16.5. The van der Waals surface area contributed by atoms with E-state index in [1.54, 1.807) is 24.3 Å². The van der Waals surface area contributed by atoms with Gasteiger partial charge in [-0.15, -0.1) is 0 Å². The van der Waals surface area contributed by atoms with Crippen molar-refractivity contribution in [1.82, 2.24) is 9.80 Å². The van der Waals surface area contributed by atoms with Gasteiger partial charge in [-0.2, -0.15) is 0 Å². The molecule has 0 spiro atoms. The summed E-state index contributed by atoms with van der Waals surface area (Å²) in [5.74, 6) is -0.238. The van der Waals surface area contributed by atoms with Crippen LogP contribution in [0, 0.1) is 0 Å². The number of amides is 2. The molecule has 1 aliphatic heterocycles. The molecular formula is C16H24N4O2. The zero-order valence-corrected chi connectivity index (χ0v) is 13.2. The van der Waals surface area contributed by atoms with Crippen LogP contribution in [0.3, 0.4) is 0 Å². The molecule has 0 saturated carbocycles. The largest absolute Gasteiger partial charge is 0.337 e. The maximum Gasteiger partial charge on any atom is 0.253 e. The van der Waals surface area contributed by atoms with Crippen molar-refractivity contribution in [3.8, 4) is 0 Å². The van der Waals surface area contributed by atoms with Gasteiger partial charge < -0.3 is 20.9 Å². The van der Waals surface area contributed by atoms with Crippen molar-refractivity contribution in [2.75, 3.05) is 39.0 Å². The first-order valence-corrected chi connectivity index (χ1v) is 7.57. The molecular weight excluding hydrogens is 280 g/mol. The molecule has 0 aromatic heterocycles. The fourth-order valence-corrected chi connectivity index (χ4v) is 2.73. The molecule has 2 amide bonds. The standard InChI is InChI=1S/C16H24N4O2/c1-19-9-3-4-14(11-19)20(2)16(22)12-5-7-13(8-6-12)18-15(21)10-17/h5-8,14H,3-4,9-11,17H2,1-2H3,(H,18,21). The number of likely N-dealkylation sites (tertiary alicyclic amines) is 1. The summed E-state index contributed by atoms with van der Waals surface area (Å²) in [5.41, 5.74) is 6.53. The Morgan fingerprint density at radius 3 is 2.64 bits per heavy atom. The smallest absolute Gasteiger partial charge is 0.253 e. The third-order valence-corrected chi connectivity index (χ3v) is 4.07. The number of carbonyl (C=O) groups is 2. The molecule has 2 rings (SSSR count). The molecule has 1 heterocycles. The van der Waals surface area contributed by atoms with Crippen LogP contribution in [-0.4, -0.2) is 61.4 Å². The van der Waals surface area contributed by atoms with Gasteiger partial charge in [-0.1, -0.05) is 0 Å². The van der Waals surface area contributed by atoms with Crippen molar-refractivity contribution < 1.29 is 9.59 Å². The number of hydrogen-bond acceptors (Lipinski definition) is 4. The second-order valence-corrected chi connectivity index (χ2v) is 5.80. The normalized spacial score (nSPS) is 18.8. The molecule has 6 nitrogen and oxygen atoms in total. The number of nitrogens with one attached hydrogen (secondary N) is 1. The van der Waals surface area contributed by atoms with Gasteiger partial charge in [0.25, 0.3) is 5.91 Å². The molecule has 0 radical (unpaired) electrons. The van der Waals surface area contributed by atoms with E-state index in [9.17, 15) is 9.59 Å². The lowest BCUT2D eigenvalue weighted by molar-refractivity contribution is -0.114. The van der Waals surface area contributed by atoms with E-state index in [2.05, 4.69) is 17.3 Å². The van der Waals surface area contributed by atoms with Crippen LogP contribution < -0.4 is 11.1 Å². The average molecular weight is 304 g/mol. The van der Waals surface area contributed by atoms with E-state index >= 15 is 0 Å². The highest BCUT2D eigenvalue weighted by molar-refractivity contribution is 5.96. The lowest BCUT2D eigenvalue weighted by atomic mass is 10.0. The number of carbonyl (C=O) groups excluding carboxylic acids is 2. The molecule has 1 saturated heterocycles. The van der Waals surface area contributed by atoms with Crippen LogP contribution in [0.5, 0.6) is 0 Å². The lowest BCUT2D eigenvalue weighted by Gasteiger charge is -2.35. The van der Waals surface area contributed by atoms with E-state index < -0.39 is 0 Å². The number of likely N-dealkylation sites (N-methyl/N-ethyl adjacent to an activating group) is 2. The summed E-state index contributed by atoms with van der Waals surface area (Å²) in [5, 5.41) is 2.66. The molecule has 1 aromatic rings. The molecule has 3 N–H and O–H groups in total. The first-order chi connectivity index (χ1) is 10.5. The highest BCUT2D eigenvalue weighted by atomic mass is 16.2. The number of hydrogen-bond donors (Lipinski definition) is 2. The molecule has 0 bridgehead atoms. The van der Waals surface area contributed by atoms with E-state index in [1.807, 2.05) is 11.9 Å². The minimum atomic E-state index is -0.249. The first-order valence-electron chi connectivity index (χ1n) is 7.57. The maximum atomic E-state index is 12.5. The predicted octanol–water partition coefficient (Wildman–Crippen LogP) is 0.750. The molecule has 0 aliphatic carbocycles. The lowest BCUT2D eigenvalue weighted by Crippen LogP contribution is -2.47. The number of piperidine rings is 1. The van der Waals surface area contributed by atoms with Crippen molar-refractivity contribution in [2.24, 2.45) is 5.73 Å². The van der Waals surface area contributed by atoms with Gasteiger partial charge in [0.1, 0.15) is 0 Å². The minimum absolute atomic E-state index is 0.0111. The van der Waals surface area contributed by atoms with Crippen molar-refractivity contribution in [1.29, 1.82) is 0 Å². The Kier molecular flexibility index (Phi) is 5.51. The van der Waals surface area contributed by atoms with Crippen LogP contribution >= 0.6 is 0 Å². The van der Waals surface area contributed by atoms with Crippen LogP contribution in [-0.2, 0) is 4.79 Å². The molecule has 1 aliphatic rings. The highest BCUT2D eigenvalue weighted by Gasteiger charge is 2.25. The number of nitrogens with two attached hydrogens (primary N) is 1. The van der Waals surface area contributed by atoms with Gasteiger partial charge in [0, 0.05) is 30.9 Å². The SMILES string of the molecule is CN1CCCC(N(C)C(=O)c2ccc(NC(=O)CN)cc2)C1. The second kappa shape index (κ2) is 7.38. The summed E-state index contributed by atoms with van der Waals surface area (Å²) >= 11 is 0. The maximum absolute atomic E-state index is 12.5. The van der Waals surface area contributed by atoms with Crippen LogP contribution in [0.1, 0.15) is 23.2 Å². The quantitative estimate of drug-likeness (QED) is 0.860. The van der Waals surface area contributed by atoms with Crippen LogP contribution in [0.4, 0.5) is 5.69 Å². The highest BCUT2D eigenvalue weighted by Crippen LogP contribution is 2.17. The Labute approximate surface area is 131 Å². The zero-order valence-electron chi connectivity index (χ0n) is 13.2. The van der Waals surface area contributed by atoms with Crippen LogP contribution in [0.2, 0.25) is 0 Å². The minimum Gasteiger partial charge on any atom is -0.337 e. The van der Waals surface area contributed by atoms with Gasteiger partial charge in [0.15, 0.2) is 0 Å². The van der Waals surface area contributed by atoms with Crippen molar-refractivity contribution in [3.63, 3.8) is 0 Å². The summed E-state index contributed by atoms with van der Waals surface area (Å²) in [6.07, 6.45) is 2.15. The number of benzene rings is 1. The molecule has 1 aromatic carbocycles. The van der Waals surface area contributed by atoms with Crippen molar-refractivity contribution in [3.05, 3.63) is 29.8 Å². The Morgan fingerprint density at radius 1 is 1.36 bits per heavy atom. The predicted molar refractivity (Wildman–Crippen MR) is 86.7 cm³/mol. The molecule has 1 unspecified atom stereocenters. The monoisotopic (exact) mass is 304 g/mol. The molecule has 1 fully saturated rings. The number of anilines is 1. The fraction of sp³-hybridized carbons (Fsp3) is 0.500. The zero-order chi connectivity index (χ0) is 16.1. The van der Waals surface area contributed by atoms with Crippen LogP contribution in [0.15, 0.2) is 24.3 Å². The van der Waals surface area contributed by atoms with E-state index in [0.717, 1.165) is 25.9 Å². The topological polar surface area (TPSA) is 78.7 Å². The van der Waals surface area contributed by atoms with Gasteiger partial charge in [-0.05, 0) is 50.7 Å². The Hall–Kier alpha value is -1.92. The van der Waals surface area contributed by atoms with Gasteiger partial charge >= 0.3 is 0 Å². The summed E-state index contributed by atoms with van der Waals surface area (Å²) in [6.45, 7) is 1.94. The second-order valence-electron chi connectivity index (χ2n) is 5.80. The number of rotatable bonds is 4. The van der Waals surface area contributed by atoms with Crippen molar-refractivity contribution in [2.45, 2.75) is 18.9 Å². The molecule has 120 valence electrons. The summed E-state index contributed by atoms with van der Waals surface area (Å²) < 4.78 is 0. The van der Waals surface area contributed by atoms with Gasteiger partial charge in [0.05, 0.1) is 6.54 Å². The Morgan fingerprint density at radius 2 is 2.05 bits per heavy atom. The van der Waals surface area contributed by atoms with Gasteiger partial charge in [0.2, 0.25) is 5.91 Å². The number of nitrogens with zero attached hydrogens (tertiary/aromatic N) is 2. The van der Waals surface area contributed by atoms with Crippen LogP contribution in [0.25, 0.3) is 0 Å². The third-order valence-electron chi connectivity index (χ3n) is 4.07. The summed E-state index contributed by atoms with van der Waals surface area (Å²) in [7, 11) is 3.94. The average Bonchev–Trinajstić information content (AvgIpc) is 2.54. The molecule has 6 heteroatoms. The molecule has 1 atom stereocenters. The Balaban J connectivity index is 2.01. The summed E-state index contributed by atoms with van der Waals surface area (Å²) in [6, 6.07) is 7.17. The van der Waals surface area contributed by atoms with E-state index in [1.165, 1.54) is 0 Å². The van der Waals surface area contributed by atoms with E-state index in [4.69, 9.17) is 5.73 Å².